The summed E-state index contributed by atoms with van der Waals surface area (Å²) in [6.45, 7) is 3.66. The van der Waals surface area contributed by atoms with Gasteiger partial charge >= 0.3 is 0 Å². The van der Waals surface area contributed by atoms with Crippen molar-refractivity contribution in [3.05, 3.63) is 0 Å². The fourth-order valence-electron chi connectivity index (χ4n) is 3.00. The first kappa shape index (κ1) is 10.5. The molecule has 1 N–H and O–H groups in total. The molecule has 0 spiro atoms. The van der Waals surface area contributed by atoms with Crippen molar-refractivity contribution in [1.29, 1.82) is 0 Å². The smallest absolute Gasteiger partial charge is 0.00672 e. The Kier molecular flexibility index (Phi) is 3.48. The van der Waals surface area contributed by atoms with Gasteiger partial charge in [-0.2, -0.15) is 0 Å². The molecule has 82 valence electrons. The van der Waals surface area contributed by atoms with Crippen LogP contribution in [0.25, 0.3) is 0 Å². The summed E-state index contributed by atoms with van der Waals surface area (Å²) in [4.78, 5) is 0. The lowest BCUT2D eigenvalue weighted by Gasteiger charge is -2.42. The Bertz CT molecular complexity index is 161. The first-order valence-electron chi connectivity index (χ1n) is 6.58. The van der Waals surface area contributed by atoms with Crippen LogP contribution in [0.15, 0.2) is 0 Å². The highest BCUT2D eigenvalue weighted by atomic mass is 14.9. The Hall–Kier alpha value is -0.0400. The Morgan fingerprint density at radius 1 is 1.07 bits per heavy atom. The molecule has 0 aliphatic heterocycles. The molecule has 0 unspecified atom stereocenters. The third-order valence-electron chi connectivity index (χ3n) is 4.54. The molecule has 2 fully saturated rings. The van der Waals surface area contributed by atoms with Gasteiger partial charge in [-0.25, -0.2) is 0 Å². The van der Waals surface area contributed by atoms with Crippen molar-refractivity contribution in [2.45, 2.75) is 70.8 Å². The van der Waals surface area contributed by atoms with E-state index in [9.17, 15) is 0 Å². The molecule has 0 radical (unpaired) electrons. The molecule has 1 nitrogen and oxygen atoms in total. The third-order valence-corrected chi connectivity index (χ3v) is 4.54. The number of rotatable bonds is 4. The molecule has 0 amide bonds. The highest BCUT2D eigenvalue weighted by Crippen LogP contribution is 2.43. The third kappa shape index (κ3) is 2.31. The second-order valence-corrected chi connectivity index (χ2v) is 5.42. The number of nitrogens with one attached hydrogen (secondary N) is 1. The summed E-state index contributed by atoms with van der Waals surface area (Å²) in [5.41, 5.74) is 0.706. The van der Waals surface area contributed by atoms with Crippen LogP contribution >= 0.6 is 0 Å². The fourth-order valence-corrected chi connectivity index (χ4v) is 3.00. The Morgan fingerprint density at radius 3 is 2.29 bits per heavy atom. The number of hydrogen-bond acceptors (Lipinski definition) is 1. The van der Waals surface area contributed by atoms with Gasteiger partial charge in [-0.05, 0) is 37.5 Å². The maximum atomic E-state index is 3.82. The van der Waals surface area contributed by atoms with Gasteiger partial charge in [-0.15, -0.1) is 0 Å². The fraction of sp³-hybridized carbons (Fsp3) is 1.00. The maximum absolute atomic E-state index is 3.82. The molecule has 14 heavy (non-hydrogen) atoms. The second-order valence-electron chi connectivity index (χ2n) is 5.42. The van der Waals surface area contributed by atoms with Crippen molar-refractivity contribution in [2.24, 2.45) is 5.41 Å². The summed E-state index contributed by atoms with van der Waals surface area (Å²) in [6, 6.07) is 0.854. The molecule has 1 heteroatoms. The van der Waals surface area contributed by atoms with E-state index in [1.807, 2.05) is 0 Å². The molecule has 0 heterocycles. The van der Waals surface area contributed by atoms with E-state index >= 15 is 0 Å². The second kappa shape index (κ2) is 4.65. The van der Waals surface area contributed by atoms with Gasteiger partial charge in [0.25, 0.3) is 0 Å². The van der Waals surface area contributed by atoms with E-state index < -0.39 is 0 Å². The minimum Gasteiger partial charge on any atom is -0.313 e. The monoisotopic (exact) mass is 195 g/mol. The lowest BCUT2D eigenvalue weighted by atomic mass is 9.67. The highest BCUT2D eigenvalue weighted by molar-refractivity contribution is 4.89. The van der Waals surface area contributed by atoms with Crippen LogP contribution in [0.4, 0.5) is 0 Å². The molecule has 2 aliphatic rings. The van der Waals surface area contributed by atoms with Crippen LogP contribution < -0.4 is 5.32 Å². The minimum absolute atomic E-state index is 0.706. The average molecular weight is 195 g/mol. The molecule has 2 saturated carbocycles. The molecule has 2 rings (SSSR count). The molecule has 0 aromatic carbocycles. The summed E-state index contributed by atoms with van der Waals surface area (Å²) >= 11 is 0. The molecule has 0 bridgehead atoms. The van der Waals surface area contributed by atoms with Gasteiger partial charge in [0.05, 0.1) is 0 Å². The van der Waals surface area contributed by atoms with Gasteiger partial charge in [0.2, 0.25) is 0 Å². The van der Waals surface area contributed by atoms with Gasteiger partial charge in [0.15, 0.2) is 0 Å². The van der Waals surface area contributed by atoms with Gasteiger partial charge in [0.1, 0.15) is 0 Å². The largest absolute Gasteiger partial charge is 0.313 e. The first-order valence-corrected chi connectivity index (χ1v) is 6.58. The van der Waals surface area contributed by atoms with Gasteiger partial charge in [-0.1, -0.05) is 32.6 Å². The van der Waals surface area contributed by atoms with Gasteiger partial charge in [-0.3, -0.25) is 0 Å². The van der Waals surface area contributed by atoms with E-state index in [2.05, 4.69) is 12.2 Å². The predicted octanol–water partition coefficient (Wildman–Crippen LogP) is 3.49. The van der Waals surface area contributed by atoms with Crippen molar-refractivity contribution >= 4 is 0 Å². The summed E-state index contributed by atoms with van der Waals surface area (Å²) in [5.74, 6) is 0. The van der Waals surface area contributed by atoms with Crippen molar-refractivity contribution in [2.75, 3.05) is 6.54 Å². The molecule has 0 saturated heterocycles. The number of hydrogen-bond donors (Lipinski definition) is 1. The van der Waals surface area contributed by atoms with Crippen LogP contribution in [0.2, 0.25) is 0 Å². The molecule has 0 atom stereocenters. The van der Waals surface area contributed by atoms with Crippen LogP contribution in [0.1, 0.15) is 64.7 Å². The molecule has 0 aromatic rings. The predicted molar refractivity (Wildman–Crippen MR) is 61.5 cm³/mol. The van der Waals surface area contributed by atoms with E-state index in [0.29, 0.717) is 5.41 Å². The van der Waals surface area contributed by atoms with Crippen LogP contribution in [0.5, 0.6) is 0 Å². The minimum atomic E-state index is 0.706. The summed E-state index contributed by atoms with van der Waals surface area (Å²) in [5, 5.41) is 3.82. The van der Waals surface area contributed by atoms with E-state index in [1.165, 1.54) is 64.3 Å². The zero-order chi connectivity index (χ0) is 9.86. The van der Waals surface area contributed by atoms with Crippen LogP contribution in [0, 0.1) is 5.41 Å². The topological polar surface area (TPSA) is 12.0 Å². The van der Waals surface area contributed by atoms with E-state index in [1.54, 1.807) is 0 Å². The van der Waals surface area contributed by atoms with E-state index in [0.717, 1.165) is 6.04 Å². The summed E-state index contributed by atoms with van der Waals surface area (Å²) < 4.78 is 0. The van der Waals surface area contributed by atoms with Crippen LogP contribution in [-0.2, 0) is 0 Å². The SMILES string of the molecule is CCC1(CNC2CCCCC2)CCC1. The van der Waals surface area contributed by atoms with Crippen molar-refractivity contribution in [3.63, 3.8) is 0 Å². The lowest BCUT2D eigenvalue weighted by Crippen LogP contribution is -2.43. The Morgan fingerprint density at radius 2 is 1.79 bits per heavy atom. The van der Waals surface area contributed by atoms with E-state index in [-0.39, 0.29) is 0 Å². The lowest BCUT2D eigenvalue weighted by molar-refractivity contribution is 0.115. The normalized spacial score (nSPS) is 27.2. The zero-order valence-electron chi connectivity index (χ0n) is 9.65. The van der Waals surface area contributed by atoms with Crippen molar-refractivity contribution in [3.8, 4) is 0 Å². The zero-order valence-corrected chi connectivity index (χ0v) is 9.65. The summed E-state index contributed by atoms with van der Waals surface area (Å²) in [6.07, 6.45) is 13.0. The Labute approximate surface area is 88.7 Å². The molecule has 0 aromatic heterocycles. The highest BCUT2D eigenvalue weighted by Gasteiger charge is 2.35. The Balaban J connectivity index is 1.69. The maximum Gasteiger partial charge on any atom is 0.00672 e. The van der Waals surface area contributed by atoms with Crippen LogP contribution in [0.3, 0.4) is 0 Å². The quantitative estimate of drug-likeness (QED) is 0.724. The van der Waals surface area contributed by atoms with Crippen LogP contribution in [-0.4, -0.2) is 12.6 Å². The summed E-state index contributed by atoms with van der Waals surface area (Å²) in [7, 11) is 0. The van der Waals surface area contributed by atoms with Crippen molar-refractivity contribution in [1.82, 2.24) is 5.32 Å². The molecular weight excluding hydrogens is 170 g/mol. The van der Waals surface area contributed by atoms with Gasteiger partial charge in [0, 0.05) is 12.6 Å². The molecule has 2 aliphatic carbocycles. The first-order chi connectivity index (χ1) is 6.85. The van der Waals surface area contributed by atoms with Gasteiger partial charge < -0.3 is 5.32 Å². The van der Waals surface area contributed by atoms with Crippen molar-refractivity contribution < 1.29 is 0 Å². The van der Waals surface area contributed by atoms with E-state index in [4.69, 9.17) is 0 Å². The standard InChI is InChI=1S/C13H25N/c1-2-13(9-6-10-13)11-14-12-7-4-3-5-8-12/h12,14H,2-11H2,1H3. The average Bonchev–Trinajstić information content (AvgIpc) is 2.19. The molecular formula is C13H25N.